The molecule has 1 aliphatic heterocycles. The Morgan fingerprint density at radius 2 is 2.42 bits per heavy atom. The standard InChI is InChI=1S/C7H5N3O2/c11-10(12)6-1-2-7-5(3-6)4-8-9-7/h1-4,7H. The predicted octanol–water partition coefficient (Wildman–Crippen LogP) is 1.44. The molecule has 2 aliphatic rings. The molecule has 0 saturated carbocycles. The van der Waals surface area contributed by atoms with Gasteiger partial charge in [0, 0.05) is 17.7 Å². The van der Waals surface area contributed by atoms with E-state index in [0.717, 1.165) is 5.57 Å². The highest BCUT2D eigenvalue weighted by molar-refractivity contribution is 5.40. The van der Waals surface area contributed by atoms with Crippen LogP contribution in [0.25, 0.3) is 0 Å². The van der Waals surface area contributed by atoms with E-state index >= 15 is 0 Å². The van der Waals surface area contributed by atoms with Crippen molar-refractivity contribution in [2.24, 2.45) is 10.2 Å². The first-order valence-electron chi connectivity index (χ1n) is 3.42. The van der Waals surface area contributed by atoms with Crippen molar-refractivity contribution in [2.45, 2.75) is 6.04 Å². The van der Waals surface area contributed by atoms with Crippen molar-refractivity contribution in [1.29, 1.82) is 0 Å². The maximum Gasteiger partial charge on any atom is 0.269 e. The SMILES string of the molecule is O=[N+]([O-])C1=CC2=CN=NC2C=C1. The third-order valence-corrected chi connectivity index (χ3v) is 1.71. The van der Waals surface area contributed by atoms with Gasteiger partial charge in [-0.25, -0.2) is 0 Å². The normalized spacial score (nSPS) is 24.8. The van der Waals surface area contributed by atoms with Crippen LogP contribution < -0.4 is 0 Å². The van der Waals surface area contributed by atoms with Gasteiger partial charge in [-0.2, -0.15) is 10.2 Å². The van der Waals surface area contributed by atoms with Crippen LogP contribution in [0, 0.1) is 10.1 Å². The Hall–Kier alpha value is -1.78. The van der Waals surface area contributed by atoms with Gasteiger partial charge in [-0.15, -0.1) is 0 Å². The van der Waals surface area contributed by atoms with Crippen LogP contribution in [0.3, 0.4) is 0 Å². The zero-order chi connectivity index (χ0) is 8.55. The highest BCUT2D eigenvalue weighted by atomic mass is 16.6. The molecule has 0 spiro atoms. The van der Waals surface area contributed by atoms with Gasteiger partial charge in [0.2, 0.25) is 0 Å². The van der Waals surface area contributed by atoms with Crippen LogP contribution in [0.1, 0.15) is 0 Å². The van der Waals surface area contributed by atoms with Gasteiger partial charge in [0.05, 0.1) is 11.1 Å². The third-order valence-electron chi connectivity index (χ3n) is 1.71. The minimum atomic E-state index is -0.425. The van der Waals surface area contributed by atoms with Crippen molar-refractivity contribution in [2.75, 3.05) is 0 Å². The average Bonchev–Trinajstić information content (AvgIpc) is 2.49. The van der Waals surface area contributed by atoms with Crippen LogP contribution in [0.4, 0.5) is 0 Å². The Kier molecular flexibility index (Phi) is 1.36. The van der Waals surface area contributed by atoms with Crippen molar-refractivity contribution in [3.8, 4) is 0 Å². The molecule has 1 heterocycles. The molecule has 0 radical (unpaired) electrons. The molecule has 2 rings (SSSR count). The number of nitrogens with zero attached hydrogens (tertiary/aromatic N) is 3. The van der Waals surface area contributed by atoms with E-state index in [9.17, 15) is 10.1 Å². The molecule has 0 fully saturated rings. The Bertz CT molecular complexity index is 352. The zero-order valence-corrected chi connectivity index (χ0v) is 6.04. The molecule has 1 unspecified atom stereocenters. The van der Waals surface area contributed by atoms with Crippen molar-refractivity contribution in [3.63, 3.8) is 0 Å². The number of nitro groups is 1. The number of allylic oxidation sites excluding steroid dienone is 1. The second kappa shape index (κ2) is 2.37. The Labute approximate surface area is 67.9 Å². The summed E-state index contributed by atoms with van der Waals surface area (Å²) in [6, 6.07) is -0.103. The number of hydrogen-bond acceptors (Lipinski definition) is 4. The number of hydrogen-bond donors (Lipinski definition) is 0. The van der Waals surface area contributed by atoms with Gasteiger partial charge < -0.3 is 0 Å². The number of rotatable bonds is 1. The van der Waals surface area contributed by atoms with E-state index in [1.54, 1.807) is 6.08 Å². The van der Waals surface area contributed by atoms with E-state index < -0.39 is 4.92 Å². The monoisotopic (exact) mass is 163 g/mol. The summed E-state index contributed by atoms with van der Waals surface area (Å²) in [5.41, 5.74) is 0.869. The maximum atomic E-state index is 10.3. The van der Waals surface area contributed by atoms with Crippen LogP contribution >= 0.6 is 0 Å². The van der Waals surface area contributed by atoms with E-state index in [1.165, 1.54) is 18.4 Å². The summed E-state index contributed by atoms with van der Waals surface area (Å²) in [7, 11) is 0. The molecular formula is C7H5N3O2. The largest absolute Gasteiger partial charge is 0.269 e. The first-order valence-corrected chi connectivity index (χ1v) is 3.42. The van der Waals surface area contributed by atoms with Crippen LogP contribution in [-0.4, -0.2) is 11.0 Å². The molecule has 0 amide bonds. The Balaban J connectivity index is 2.34. The summed E-state index contributed by atoms with van der Waals surface area (Å²) in [5, 5.41) is 17.8. The first kappa shape index (κ1) is 6.90. The minimum Gasteiger partial charge on any atom is -0.258 e. The van der Waals surface area contributed by atoms with Crippen molar-refractivity contribution >= 4 is 0 Å². The minimum absolute atomic E-state index is 0.0878. The molecule has 0 N–H and O–H groups in total. The molecule has 0 aromatic heterocycles. The van der Waals surface area contributed by atoms with E-state index in [1.807, 2.05) is 0 Å². The third kappa shape index (κ3) is 0.952. The number of fused-ring (bicyclic) bond motifs is 1. The predicted molar refractivity (Wildman–Crippen MR) is 40.9 cm³/mol. The summed E-state index contributed by atoms with van der Waals surface area (Å²) < 4.78 is 0. The Morgan fingerprint density at radius 1 is 1.58 bits per heavy atom. The van der Waals surface area contributed by atoms with Gasteiger partial charge >= 0.3 is 0 Å². The molecular weight excluding hydrogens is 158 g/mol. The van der Waals surface area contributed by atoms with E-state index in [4.69, 9.17) is 0 Å². The van der Waals surface area contributed by atoms with Crippen LogP contribution in [0.15, 0.2) is 45.9 Å². The molecule has 0 bridgehead atoms. The van der Waals surface area contributed by atoms with E-state index in [2.05, 4.69) is 10.2 Å². The zero-order valence-electron chi connectivity index (χ0n) is 6.04. The maximum absolute atomic E-state index is 10.3. The molecule has 1 aliphatic carbocycles. The topological polar surface area (TPSA) is 67.9 Å². The summed E-state index contributed by atoms with van der Waals surface area (Å²) in [6.07, 6.45) is 6.15. The summed E-state index contributed by atoms with van der Waals surface area (Å²) in [5.74, 6) is 0. The van der Waals surface area contributed by atoms with Crippen molar-refractivity contribution < 1.29 is 4.92 Å². The Morgan fingerprint density at radius 3 is 3.17 bits per heavy atom. The molecule has 5 nitrogen and oxygen atoms in total. The van der Waals surface area contributed by atoms with Gasteiger partial charge in [-0.1, -0.05) is 0 Å². The number of azo groups is 1. The van der Waals surface area contributed by atoms with Crippen molar-refractivity contribution in [3.05, 3.63) is 45.8 Å². The second-order valence-corrected chi connectivity index (χ2v) is 2.49. The lowest BCUT2D eigenvalue weighted by Gasteiger charge is -2.05. The van der Waals surface area contributed by atoms with Gasteiger partial charge in [0.25, 0.3) is 5.70 Å². The summed E-state index contributed by atoms with van der Waals surface area (Å²) in [4.78, 5) is 9.92. The second-order valence-electron chi connectivity index (χ2n) is 2.49. The molecule has 1 atom stereocenters. The average molecular weight is 163 g/mol. The molecule has 60 valence electrons. The van der Waals surface area contributed by atoms with Crippen LogP contribution in [-0.2, 0) is 0 Å². The van der Waals surface area contributed by atoms with Gasteiger partial charge in [0.15, 0.2) is 0 Å². The fourth-order valence-corrected chi connectivity index (χ4v) is 1.11. The van der Waals surface area contributed by atoms with E-state index in [0.29, 0.717) is 0 Å². The fraction of sp³-hybridized carbons (Fsp3) is 0.143. The molecule has 0 aromatic carbocycles. The lowest BCUT2D eigenvalue weighted by atomic mass is 10.0. The highest BCUT2D eigenvalue weighted by Crippen LogP contribution is 2.23. The van der Waals surface area contributed by atoms with Crippen LogP contribution in [0.5, 0.6) is 0 Å². The highest BCUT2D eigenvalue weighted by Gasteiger charge is 2.21. The van der Waals surface area contributed by atoms with E-state index in [-0.39, 0.29) is 11.7 Å². The summed E-state index contributed by atoms with van der Waals surface area (Å²) >= 11 is 0. The smallest absolute Gasteiger partial charge is 0.258 e. The van der Waals surface area contributed by atoms with Crippen LogP contribution in [0.2, 0.25) is 0 Å². The van der Waals surface area contributed by atoms with Gasteiger partial charge in [-0.05, 0) is 6.08 Å². The first-order chi connectivity index (χ1) is 5.77. The molecule has 5 heteroatoms. The summed E-state index contributed by atoms with van der Waals surface area (Å²) in [6.45, 7) is 0. The van der Waals surface area contributed by atoms with Gasteiger partial charge in [-0.3, -0.25) is 10.1 Å². The lowest BCUT2D eigenvalue weighted by Crippen LogP contribution is -2.07. The van der Waals surface area contributed by atoms with Gasteiger partial charge in [0.1, 0.15) is 6.04 Å². The molecule has 12 heavy (non-hydrogen) atoms. The molecule has 0 aromatic rings. The fourth-order valence-electron chi connectivity index (χ4n) is 1.11. The molecule has 0 saturated heterocycles. The van der Waals surface area contributed by atoms with Crippen molar-refractivity contribution in [1.82, 2.24) is 0 Å². The lowest BCUT2D eigenvalue weighted by molar-refractivity contribution is -0.419. The quantitative estimate of drug-likeness (QED) is 0.433.